The van der Waals surface area contributed by atoms with Crippen LogP contribution >= 0.6 is 0 Å². The van der Waals surface area contributed by atoms with Gasteiger partial charge in [-0.25, -0.2) is 0 Å². The van der Waals surface area contributed by atoms with Crippen LogP contribution in [-0.4, -0.2) is 59.8 Å². The number of nitrogens with two attached hydrogens (primary N) is 1. The molecular weight excluding hydrogens is 262 g/mol. The van der Waals surface area contributed by atoms with Gasteiger partial charge in [0.05, 0.1) is 5.60 Å². The average molecular weight is 291 g/mol. The number of rotatable bonds is 5. The van der Waals surface area contributed by atoms with Gasteiger partial charge in [-0.15, -0.1) is 0 Å². The highest BCUT2D eigenvalue weighted by atomic mass is 16.3. The molecule has 1 aliphatic heterocycles. The summed E-state index contributed by atoms with van der Waals surface area (Å²) in [6.45, 7) is 11.3. The van der Waals surface area contributed by atoms with E-state index in [0.29, 0.717) is 12.6 Å². The molecule has 1 saturated heterocycles. The van der Waals surface area contributed by atoms with Gasteiger partial charge in [-0.2, -0.15) is 0 Å². The molecule has 1 aromatic carbocycles. The molecule has 1 atom stereocenters. The van der Waals surface area contributed by atoms with Gasteiger partial charge in [0.25, 0.3) is 0 Å². The summed E-state index contributed by atoms with van der Waals surface area (Å²) in [6, 6.07) is 8.82. The third-order valence-corrected chi connectivity index (χ3v) is 4.23. The molecule has 21 heavy (non-hydrogen) atoms. The fraction of sp³-hybridized carbons (Fsp3) is 0.647. The molecule has 0 saturated carbocycles. The Morgan fingerprint density at radius 2 is 1.81 bits per heavy atom. The number of aryl methyl sites for hydroxylation is 1. The molecule has 2 rings (SSSR count). The summed E-state index contributed by atoms with van der Waals surface area (Å²) in [5, 5.41) is 9.93. The normalized spacial score (nSPS) is 19.7. The van der Waals surface area contributed by atoms with Crippen LogP contribution in [0.15, 0.2) is 24.3 Å². The van der Waals surface area contributed by atoms with Crippen molar-refractivity contribution in [2.24, 2.45) is 5.73 Å². The Balaban J connectivity index is 1.98. The predicted molar refractivity (Wildman–Crippen MR) is 87.3 cm³/mol. The van der Waals surface area contributed by atoms with E-state index in [-0.39, 0.29) is 0 Å². The maximum atomic E-state index is 9.93. The van der Waals surface area contributed by atoms with E-state index in [1.54, 1.807) is 0 Å². The molecule has 0 amide bonds. The highest BCUT2D eigenvalue weighted by Crippen LogP contribution is 2.24. The Hall–Kier alpha value is -0.940. The smallest absolute Gasteiger partial charge is 0.0718 e. The molecule has 1 heterocycles. The highest BCUT2D eigenvalue weighted by Gasteiger charge is 2.27. The van der Waals surface area contributed by atoms with Gasteiger partial charge in [0.15, 0.2) is 0 Å². The van der Waals surface area contributed by atoms with Crippen molar-refractivity contribution < 1.29 is 5.11 Å². The molecule has 1 fully saturated rings. The minimum absolute atomic E-state index is 0.301. The minimum atomic E-state index is -0.620. The Morgan fingerprint density at radius 1 is 1.19 bits per heavy atom. The van der Waals surface area contributed by atoms with Crippen molar-refractivity contribution in [1.82, 2.24) is 9.80 Å². The van der Waals surface area contributed by atoms with Crippen LogP contribution in [-0.2, 0) is 0 Å². The number of aliphatic hydroxyl groups is 1. The lowest BCUT2D eigenvalue weighted by molar-refractivity contribution is 0.0112. The molecule has 4 nitrogen and oxygen atoms in total. The Labute approximate surface area is 128 Å². The molecule has 0 spiro atoms. The van der Waals surface area contributed by atoms with Crippen LogP contribution in [0.1, 0.15) is 31.0 Å². The summed E-state index contributed by atoms with van der Waals surface area (Å²) in [6.07, 6.45) is 0. The third-order valence-electron chi connectivity index (χ3n) is 4.23. The number of piperazine rings is 1. The first-order valence-corrected chi connectivity index (χ1v) is 7.85. The zero-order valence-electron chi connectivity index (χ0n) is 13.5. The molecule has 118 valence electrons. The largest absolute Gasteiger partial charge is 0.389 e. The van der Waals surface area contributed by atoms with Crippen molar-refractivity contribution in [3.63, 3.8) is 0 Å². The molecule has 1 aromatic rings. The maximum absolute atomic E-state index is 9.93. The van der Waals surface area contributed by atoms with Gasteiger partial charge in [-0.3, -0.25) is 9.80 Å². The average Bonchev–Trinajstić information content (AvgIpc) is 2.42. The second-order valence-corrected chi connectivity index (χ2v) is 6.73. The van der Waals surface area contributed by atoms with Gasteiger partial charge in [-0.05, 0) is 31.9 Å². The molecule has 0 aliphatic carbocycles. The summed E-state index contributed by atoms with van der Waals surface area (Å²) in [4.78, 5) is 4.81. The topological polar surface area (TPSA) is 52.7 Å². The third kappa shape index (κ3) is 4.51. The lowest BCUT2D eigenvalue weighted by Gasteiger charge is -2.41. The number of β-amino-alcohol motifs (C(OH)–C–C–N with tert-alkyl or cyclic N) is 1. The van der Waals surface area contributed by atoms with E-state index in [0.717, 1.165) is 32.7 Å². The number of benzene rings is 1. The first-order chi connectivity index (χ1) is 9.90. The lowest BCUT2D eigenvalue weighted by Crippen LogP contribution is -2.52. The van der Waals surface area contributed by atoms with Crippen LogP contribution in [0.25, 0.3) is 0 Å². The van der Waals surface area contributed by atoms with Gasteiger partial charge in [0.2, 0.25) is 0 Å². The molecular formula is C17H29N3O. The lowest BCUT2D eigenvalue weighted by atomic mass is 9.99. The summed E-state index contributed by atoms with van der Waals surface area (Å²) in [5.74, 6) is 0. The van der Waals surface area contributed by atoms with Crippen LogP contribution in [0.5, 0.6) is 0 Å². The van der Waals surface area contributed by atoms with Gasteiger partial charge in [-0.1, -0.05) is 24.3 Å². The summed E-state index contributed by atoms with van der Waals surface area (Å²) in [7, 11) is 0. The van der Waals surface area contributed by atoms with Crippen molar-refractivity contribution in [2.45, 2.75) is 32.4 Å². The zero-order chi connectivity index (χ0) is 15.5. The van der Waals surface area contributed by atoms with Gasteiger partial charge in [0, 0.05) is 45.3 Å². The van der Waals surface area contributed by atoms with Gasteiger partial charge >= 0.3 is 0 Å². The second-order valence-electron chi connectivity index (χ2n) is 6.73. The molecule has 0 radical (unpaired) electrons. The summed E-state index contributed by atoms with van der Waals surface area (Å²) < 4.78 is 0. The SMILES string of the molecule is Cc1ccccc1C(CN)N1CCN(CC(C)(C)O)CC1. The van der Waals surface area contributed by atoms with Crippen molar-refractivity contribution in [3.05, 3.63) is 35.4 Å². The van der Waals surface area contributed by atoms with Crippen molar-refractivity contribution in [2.75, 3.05) is 39.3 Å². The Bertz CT molecular complexity index is 448. The van der Waals surface area contributed by atoms with Crippen molar-refractivity contribution in [1.29, 1.82) is 0 Å². The second kappa shape index (κ2) is 6.88. The maximum Gasteiger partial charge on any atom is 0.0718 e. The predicted octanol–water partition coefficient (Wildman–Crippen LogP) is 1.38. The van der Waals surface area contributed by atoms with Crippen LogP contribution < -0.4 is 5.73 Å². The zero-order valence-corrected chi connectivity index (χ0v) is 13.5. The van der Waals surface area contributed by atoms with Crippen molar-refractivity contribution in [3.8, 4) is 0 Å². The molecule has 1 unspecified atom stereocenters. The van der Waals surface area contributed by atoms with E-state index in [4.69, 9.17) is 5.73 Å². The van der Waals surface area contributed by atoms with Crippen LogP contribution in [0.2, 0.25) is 0 Å². The molecule has 4 heteroatoms. The molecule has 0 bridgehead atoms. The number of nitrogens with zero attached hydrogens (tertiary/aromatic N) is 2. The van der Waals surface area contributed by atoms with E-state index >= 15 is 0 Å². The standard InChI is InChI=1S/C17H29N3O/c1-14-6-4-5-7-15(14)16(12-18)20-10-8-19(9-11-20)13-17(2,3)21/h4-7,16,21H,8-13,18H2,1-3H3. The number of hydrogen-bond acceptors (Lipinski definition) is 4. The van der Waals surface area contributed by atoms with E-state index in [2.05, 4.69) is 41.0 Å². The fourth-order valence-corrected chi connectivity index (χ4v) is 3.21. The summed E-state index contributed by atoms with van der Waals surface area (Å²) in [5.41, 5.74) is 8.08. The van der Waals surface area contributed by atoms with E-state index in [1.807, 2.05) is 13.8 Å². The Kier molecular flexibility index (Phi) is 5.38. The highest BCUT2D eigenvalue weighted by molar-refractivity contribution is 5.29. The molecule has 0 aromatic heterocycles. The first-order valence-electron chi connectivity index (χ1n) is 7.85. The minimum Gasteiger partial charge on any atom is -0.389 e. The van der Waals surface area contributed by atoms with Gasteiger partial charge in [0.1, 0.15) is 0 Å². The number of hydrogen-bond donors (Lipinski definition) is 2. The molecule has 1 aliphatic rings. The van der Waals surface area contributed by atoms with Crippen LogP contribution in [0.3, 0.4) is 0 Å². The van der Waals surface area contributed by atoms with E-state index in [1.165, 1.54) is 11.1 Å². The summed E-state index contributed by atoms with van der Waals surface area (Å²) >= 11 is 0. The van der Waals surface area contributed by atoms with E-state index < -0.39 is 5.60 Å². The Morgan fingerprint density at radius 3 is 2.33 bits per heavy atom. The monoisotopic (exact) mass is 291 g/mol. The quantitative estimate of drug-likeness (QED) is 0.861. The fourth-order valence-electron chi connectivity index (χ4n) is 3.21. The van der Waals surface area contributed by atoms with E-state index in [9.17, 15) is 5.11 Å². The van der Waals surface area contributed by atoms with Gasteiger partial charge < -0.3 is 10.8 Å². The molecule has 3 N–H and O–H groups in total. The van der Waals surface area contributed by atoms with Crippen LogP contribution in [0, 0.1) is 6.92 Å². The first kappa shape index (κ1) is 16.4. The van der Waals surface area contributed by atoms with Crippen LogP contribution in [0.4, 0.5) is 0 Å². The van der Waals surface area contributed by atoms with Crippen molar-refractivity contribution >= 4 is 0 Å².